The van der Waals surface area contributed by atoms with Gasteiger partial charge in [0.15, 0.2) is 0 Å². The van der Waals surface area contributed by atoms with Gasteiger partial charge in [0.2, 0.25) is 5.91 Å². The molecule has 1 heterocycles. The molecule has 1 aliphatic heterocycles. The molecule has 0 spiro atoms. The van der Waals surface area contributed by atoms with E-state index in [-0.39, 0.29) is 11.9 Å². The second-order valence-corrected chi connectivity index (χ2v) is 7.21. The number of benzene rings is 1. The molecule has 1 saturated heterocycles. The Morgan fingerprint density at radius 2 is 1.92 bits per heavy atom. The third-order valence-corrected chi connectivity index (χ3v) is 5.10. The molecule has 4 nitrogen and oxygen atoms in total. The number of nitrogens with one attached hydrogen (secondary N) is 2. The molecule has 2 unspecified atom stereocenters. The Morgan fingerprint density at radius 1 is 1.17 bits per heavy atom. The van der Waals surface area contributed by atoms with E-state index in [0.717, 1.165) is 50.6 Å². The van der Waals surface area contributed by atoms with E-state index in [1.165, 1.54) is 18.6 Å². The van der Waals surface area contributed by atoms with Crippen molar-refractivity contribution in [3.8, 4) is 0 Å². The Morgan fingerprint density at radius 3 is 2.62 bits per heavy atom. The lowest BCUT2D eigenvalue weighted by Crippen LogP contribution is -2.31. The third-order valence-electron chi connectivity index (χ3n) is 5.10. The zero-order chi connectivity index (χ0) is 16.9. The van der Waals surface area contributed by atoms with Gasteiger partial charge in [0, 0.05) is 31.6 Å². The topological polar surface area (TPSA) is 44.4 Å². The molecule has 5 heteroatoms. The highest BCUT2D eigenvalue weighted by atomic mass is 19.1. The summed E-state index contributed by atoms with van der Waals surface area (Å²) >= 11 is 0. The smallest absolute Gasteiger partial charge is 0.225 e. The van der Waals surface area contributed by atoms with E-state index in [1.807, 2.05) is 24.1 Å². The Labute approximate surface area is 143 Å². The normalized spacial score (nSPS) is 23.4. The molecule has 1 aromatic carbocycles. The van der Waals surface area contributed by atoms with Gasteiger partial charge < -0.3 is 4.90 Å². The fourth-order valence-corrected chi connectivity index (χ4v) is 3.39. The van der Waals surface area contributed by atoms with Crippen molar-refractivity contribution in [2.75, 3.05) is 13.6 Å². The number of unbranched alkanes of at least 4 members (excludes halogenated alkanes) is 2. The first kappa shape index (κ1) is 17.4. The molecule has 1 saturated carbocycles. The van der Waals surface area contributed by atoms with E-state index < -0.39 is 0 Å². The highest BCUT2D eigenvalue weighted by Gasteiger charge is 2.31. The lowest BCUT2D eigenvalue weighted by atomic mass is 9.99. The summed E-state index contributed by atoms with van der Waals surface area (Å²) in [7, 11) is 1.93. The van der Waals surface area contributed by atoms with Crippen LogP contribution in [0.5, 0.6) is 0 Å². The van der Waals surface area contributed by atoms with Crippen molar-refractivity contribution in [2.24, 2.45) is 5.92 Å². The molecule has 1 amide bonds. The van der Waals surface area contributed by atoms with E-state index in [2.05, 4.69) is 10.9 Å². The molecule has 1 aromatic rings. The predicted molar refractivity (Wildman–Crippen MR) is 92.6 cm³/mol. The van der Waals surface area contributed by atoms with Gasteiger partial charge in [-0.05, 0) is 49.8 Å². The minimum absolute atomic E-state index is 0.189. The molecule has 2 N–H and O–H groups in total. The molecule has 2 fully saturated rings. The van der Waals surface area contributed by atoms with Crippen molar-refractivity contribution >= 4 is 5.91 Å². The lowest BCUT2D eigenvalue weighted by Gasteiger charge is -2.17. The van der Waals surface area contributed by atoms with Crippen LogP contribution in [0.15, 0.2) is 24.3 Å². The number of hydrogen-bond donors (Lipinski definition) is 2. The standard InChI is InChI=1S/C19H28FN3O/c1-23(19(24)15-6-7-15)12-4-2-3-5-17-13-18(22-21-17)14-8-10-16(20)11-9-14/h8-11,15,17-18,21-22H,2-7,12-13H2,1H3. The second kappa shape index (κ2) is 8.08. The van der Waals surface area contributed by atoms with Gasteiger partial charge in [-0.2, -0.15) is 0 Å². The minimum atomic E-state index is -0.189. The fourth-order valence-electron chi connectivity index (χ4n) is 3.39. The first-order valence-corrected chi connectivity index (χ1v) is 9.15. The Hall–Kier alpha value is -1.46. The number of rotatable bonds is 8. The largest absolute Gasteiger partial charge is 0.346 e. The van der Waals surface area contributed by atoms with Gasteiger partial charge in [-0.15, -0.1) is 0 Å². The number of hydrazine groups is 1. The molecule has 132 valence electrons. The maximum atomic E-state index is 13.0. The summed E-state index contributed by atoms with van der Waals surface area (Å²) in [5.74, 6) is 0.470. The average Bonchev–Trinajstić information content (AvgIpc) is 3.33. The summed E-state index contributed by atoms with van der Waals surface area (Å²) in [6.45, 7) is 0.879. The van der Waals surface area contributed by atoms with Gasteiger partial charge >= 0.3 is 0 Å². The molecule has 3 rings (SSSR count). The number of halogens is 1. The van der Waals surface area contributed by atoms with Crippen LogP contribution in [0.3, 0.4) is 0 Å². The SMILES string of the molecule is CN(CCCCCC1CC(c2ccc(F)cc2)NN1)C(=O)C1CC1. The van der Waals surface area contributed by atoms with Crippen LogP contribution >= 0.6 is 0 Å². The van der Waals surface area contributed by atoms with Crippen molar-refractivity contribution in [3.63, 3.8) is 0 Å². The number of hydrogen-bond acceptors (Lipinski definition) is 3. The second-order valence-electron chi connectivity index (χ2n) is 7.21. The van der Waals surface area contributed by atoms with Crippen LogP contribution in [-0.2, 0) is 4.79 Å². The van der Waals surface area contributed by atoms with Crippen molar-refractivity contribution in [1.29, 1.82) is 0 Å². The zero-order valence-electron chi connectivity index (χ0n) is 14.4. The molecule has 0 bridgehead atoms. The highest BCUT2D eigenvalue weighted by Crippen LogP contribution is 2.30. The molecular formula is C19H28FN3O. The zero-order valence-corrected chi connectivity index (χ0v) is 14.4. The maximum absolute atomic E-state index is 13.0. The van der Waals surface area contributed by atoms with E-state index in [9.17, 15) is 9.18 Å². The minimum Gasteiger partial charge on any atom is -0.346 e. The van der Waals surface area contributed by atoms with E-state index >= 15 is 0 Å². The average molecular weight is 333 g/mol. The van der Waals surface area contributed by atoms with Crippen molar-refractivity contribution in [1.82, 2.24) is 15.8 Å². The van der Waals surface area contributed by atoms with Gasteiger partial charge in [-0.1, -0.05) is 25.0 Å². The lowest BCUT2D eigenvalue weighted by molar-refractivity contribution is -0.131. The van der Waals surface area contributed by atoms with Crippen molar-refractivity contribution < 1.29 is 9.18 Å². The molecule has 0 radical (unpaired) electrons. The number of amides is 1. The van der Waals surface area contributed by atoms with Gasteiger partial charge in [-0.25, -0.2) is 4.39 Å². The summed E-state index contributed by atoms with van der Waals surface area (Å²) in [5.41, 5.74) is 7.79. The monoisotopic (exact) mass is 333 g/mol. The number of carbonyl (C=O) groups excluding carboxylic acids is 1. The van der Waals surface area contributed by atoms with Crippen LogP contribution in [0.2, 0.25) is 0 Å². The van der Waals surface area contributed by atoms with Crippen LogP contribution in [0.25, 0.3) is 0 Å². The molecule has 2 atom stereocenters. The van der Waals surface area contributed by atoms with Crippen molar-refractivity contribution in [3.05, 3.63) is 35.6 Å². The van der Waals surface area contributed by atoms with E-state index in [4.69, 9.17) is 0 Å². The fraction of sp³-hybridized carbons (Fsp3) is 0.632. The summed E-state index contributed by atoms with van der Waals surface area (Å²) in [6, 6.07) is 7.46. The van der Waals surface area contributed by atoms with Gasteiger partial charge in [0.05, 0.1) is 0 Å². The number of carbonyl (C=O) groups is 1. The molecule has 1 aliphatic carbocycles. The summed E-state index contributed by atoms with van der Waals surface area (Å²) in [6.07, 6.45) is 7.73. The van der Waals surface area contributed by atoms with Crippen LogP contribution in [0.4, 0.5) is 4.39 Å². The van der Waals surface area contributed by atoms with Gasteiger partial charge in [-0.3, -0.25) is 15.6 Å². The first-order chi connectivity index (χ1) is 11.6. The predicted octanol–water partition coefficient (Wildman–Crippen LogP) is 3.16. The summed E-state index contributed by atoms with van der Waals surface area (Å²) < 4.78 is 13.0. The molecule has 0 aromatic heterocycles. The first-order valence-electron chi connectivity index (χ1n) is 9.15. The van der Waals surface area contributed by atoms with Crippen LogP contribution in [0, 0.1) is 11.7 Å². The van der Waals surface area contributed by atoms with E-state index in [0.29, 0.717) is 17.9 Å². The summed E-state index contributed by atoms with van der Waals surface area (Å²) in [4.78, 5) is 13.8. The molecule has 2 aliphatic rings. The third kappa shape index (κ3) is 4.77. The Kier molecular flexibility index (Phi) is 5.85. The van der Waals surface area contributed by atoms with E-state index in [1.54, 1.807) is 0 Å². The Bertz CT molecular complexity index is 544. The quantitative estimate of drug-likeness (QED) is 0.718. The molecule has 24 heavy (non-hydrogen) atoms. The van der Waals surface area contributed by atoms with Crippen LogP contribution in [0.1, 0.15) is 56.6 Å². The Balaban J connectivity index is 1.29. The van der Waals surface area contributed by atoms with Crippen molar-refractivity contribution in [2.45, 2.75) is 57.0 Å². The maximum Gasteiger partial charge on any atom is 0.225 e. The summed E-state index contributed by atoms with van der Waals surface area (Å²) in [5, 5.41) is 0. The number of nitrogens with zero attached hydrogens (tertiary/aromatic N) is 1. The van der Waals surface area contributed by atoms with Crippen LogP contribution in [-0.4, -0.2) is 30.4 Å². The highest BCUT2D eigenvalue weighted by molar-refractivity contribution is 5.80. The molecular weight excluding hydrogens is 305 g/mol. The van der Waals surface area contributed by atoms with Gasteiger partial charge in [0.25, 0.3) is 0 Å². The van der Waals surface area contributed by atoms with Gasteiger partial charge in [0.1, 0.15) is 5.82 Å². The van der Waals surface area contributed by atoms with Crippen LogP contribution < -0.4 is 10.9 Å².